The van der Waals surface area contributed by atoms with Crippen LogP contribution in [0.25, 0.3) is 0 Å². The lowest BCUT2D eigenvalue weighted by atomic mass is 9.91. The summed E-state index contributed by atoms with van der Waals surface area (Å²) >= 11 is 0. The Morgan fingerprint density at radius 1 is 1.38 bits per heavy atom. The van der Waals surface area contributed by atoms with Crippen molar-refractivity contribution in [3.8, 4) is 5.75 Å². The normalized spacial score (nSPS) is 17.6. The monoisotopic (exact) mass is 219 g/mol. The number of ether oxygens (including phenoxy) is 1. The number of methoxy groups -OCH3 is 1. The third-order valence-corrected chi connectivity index (χ3v) is 3.39. The molecule has 1 aliphatic carbocycles. The predicted octanol–water partition coefficient (Wildman–Crippen LogP) is 2.85. The molecule has 0 atom stereocenters. The first-order chi connectivity index (χ1) is 7.56. The second-order valence-corrected chi connectivity index (χ2v) is 5.23. The number of hydrogen-bond acceptors (Lipinski definition) is 2. The summed E-state index contributed by atoms with van der Waals surface area (Å²) in [5, 5.41) is 0. The second kappa shape index (κ2) is 4.10. The zero-order chi connectivity index (χ0) is 11.8. The molecule has 1 fully saturated rings. The second-order valence-electron chi connectivity index (χ2n) is 5.23. The molecule has 0 spiro atoms. The third kappa shape index (κ3) is 2.22. The van der Waals surface area contributed by atoms with Gasteiger partial charge in [0.1, 0.15) is 5.75 Å². The molecule has 0 aromatic heterocycles. The molecule has 88 valence electrons. The van der Waals surface area contributed by atoms with Crippen LogP contribution in [-0.4, -0.2) is 12.6 Å². The minimum absolute atomic E-state index is 0.0655. The molecule has 0 heterocycles. The molecule has 1 aromatic carbocycles. The minimum atomic E-state index is 0.0655. The molecule has 1 aromatic rings. The van der Waals surface area contributed by atoms with Gasteiger partial charge >= 0.3 is 0 Å². The van der Waals surface area contributed by atoms with E-state index in [0.717, 1.165) is 25.0 Å². The van der Waals surface area contributed by atoms with Crippen LogP contribution in [0.2, 0.25) is 0 Å². The quantitative estimate of drug-likeness (QED) is 0.845. The molecule has 1 saturated carbocycles. The van der Waals surface area contributed by atoms with Crippen molar-refractivity contribution in [3.63, 3.8) is 0 Å². The lowest BCUT2D eigenvalue weighted by Gasteiger charge is -2.19. The summed E-state index contributed by atoms with van der Waals surface area (Å²) in [6.45, 7) is 4.41. The van der Waals surface area contributed by atoms with Crippen molar-refractivity contribution < 1.29 is 4.74 Å². The lowest BCUT2D eigenvalue weighted by molar-refractivity contribution is 0.406. The highest BCUT2D eigenvalue weighted by Gasteiger charge is 2.38. The van der Waals surface area contributed by atoms with Gasteiger partial charge in [-0.2, -0.15) is 0 Å². The van der Waals surface area contributed by atoms with Gasteiger partial charge in [-0.25, -0.2) is 0 Å². The smallest absolute Gasteiger partial charge is 0.122 e. The fourth-order valence-corrected chi connectivity index (χ4v) is 2.29. The van der Waals surface area contributed by atoms with E-state index in [0.29, 0.717) is 5.92 Å². The van der Waals surface area contributed by atoms with Crippen LogP contribution >= 0.6 is 0 Å². The van der Waals surface area contributed by atoms with Gasteiger partial charge in [0, 0.05) is 5.54 Å². The Labute approximate surface area is 97.8 Å². The van der Waals surface area contributed by atoms with E-state index >= 15 is 0 Å². The lowest BCUT2D eigenvalue weighted by Crippen LogP contribution is -2.25. The molecule has 16 heavy (non-hydrogen) atoms. The maximum Gasteiger partial charge on any atom is 0.122 e. The van der Waals surface area contributed by atoms with E-state index in [1.165, 1.54) is 11.1 Å². The van der Waals surface area contributed by atoms with Crippen LogP contribution in [0.4, 0.5) is 0 Å². The predicted molar refractivity (Wildman–Crippen MR) is 66.9 cm³/mol. The Morgan fingerprint density at radius 2 is 2.06 bits per heavy atom. The highest BCUT2D eigenvalue weighted by molar-refractivity contribution is 5.43. The molecule has 0 bridgehead atoms. The number of hydrogen-bond donors (Lipinski definition) is 1. The molecule has 0 radical (unpaired) electrons. The SMILES string of the molecule is COc1cccc(CC2(N)CC2)c1C(C)C. The van der Waals surface area contributed by atoms with Crippen molar-refractivity contribution in [1.29, 1.82) is 0 Å². The van der Waals surface area contributed by atoms with Crippen molar-refractivity contribution in [1.82, 2.24) is 0 Å². The van der Waals surface area contributed by atoms with E-state index in [9.17, 15) is 0 Å². The van der Waals surface area contributed by atoms with Crippen LogP contribution in [-0.2, 0) is 6.42 Å². The molecular weight excluding hydrogens is 198 g/mol. The van der Waals surface area contributed by atoms with E-state index < -0.39 is 0 Å². The molecule has 2 nitrogen and oxygen atoms in total. The fraction of sp³-hybridized carbons (Fsp3) is 0.571. The highest BCUT2D eigenvalue weighted by atomic mass is 16.5. The number of nitrogens with two attached hydrogens (primary N) is 1. The molecule has 2 heteroatoms. The first-order valence-corrected chi connectivity index (χ1v) is 6.00. The van der Waals surface area contributed by atoms with Crippen molar-refractivity contribution in [2.24, 2.45) is 5.73 Å². The molecular formula is C14H21NO. The molecule has 0 unspecified atom stereocenters. The summed E-state index contributed by atoms with van der Waals surface area (Å²) in [4.78, 5) is 0. The average Bonchev–Trinajstić information content (AvgIpc) is 2.95. The van der Waals surface area contributed by atoms with Crippen molar-refractivity contribution >= 4 is 0 Å². The Balaban J connectivity index is 2.35. The van der Waals surface area contributed by atoms with Crippen LogP contribution in [0.1, 0.15) is 43.7 Å². The molecule has 2 N–H and O–H groups in total. The summed E-state index contributed by atoms with van der Waals surface area (Å²) in [5.41, 5.74) is 8.94. The van der Waals surface area contributed by atoms with Crippen molar-refractivity contribution in [2.45, 2.75) is 44.6 Å². The van der Waals surface area contributed by atoms with Gasteiger partial charge in [0.2, 0.25) is 0 Å². The largest absolute Gasteiger partial charge is 0.496 e. The first-order valence-electron chi connectivity index (χ1n) is 6.00. The Hall–Kier alpha value is -1.02. The number of rotatable bonds is 4. The summed E-state index contributed by atoms with van der Waals surface area (Å²) in [6, 6.07) is 6.28. The zero-order valence-corrected chi connectivity index (χ0v) is 10.4. The molecule has 0 aliphatic heterocycles. The molecule has 0 saturated heterocycles. The molecule has 1 aliphatic rings. The van der Waals surface area contributed by atoms with Gasteiger partial charge in [0.05, 0.1) is 7.11 Å². The molecule has 2 rings (SSSR count). The van der Waals surface area contributed by atoms with Crippen molar-refractivity contribution in [2.75, 3.05) is 7.11 Å². The van der Waals surface area contributed by atoms with Gasteiger partial charge in [0.15, 0.2) is 0 Å². The maximum atomic E-state index is 6.20. The van der Waals surface area contributed by atoms with E-state index in [2.05, 4.69) is 26.0 Å². The van der Waals surface area contributed by atoms with Crippen LogP contribution < -0.4 is 10.5 Å². The average molecular weight is 219 g/mol. The summed E-state index contributed by atoms with van der Waals surface area (Å²) in [6.07, 6.45) is 3.29. The van der Waals surface area contributed by atoms with Gasteiger partial charge in [-0.3, -0.25) is 0 Å². The van der Waals surface area contributed by atoms with Gasteiger partial charge in [-0.1, -0.05) is 26.0 Å². The van der Waals surface area contributed by atoms with Gasteiger partial charge in [-0.15, -0.1) is 0 Å². The minimum Gasteiger partial charge on any atom is -0.496 e. The van der Waals surface area contributed by atoms with Crippen molar-refractivity contribution in [3.05, 3.63) is 29.3 Å². The summed E-state index contributed by atoms with van der Waals surface area (Å²) in [7, 11) is 1.74. The topological polar surface area (TPSA) is 35.2 Å². The van der Waals surface area contributed by atoms with Gasteiger partial charge in [-0.05, 0) is 42.4 Å². The Kier molecular flexibility index (Phi) is 2.94. The van der Waals surface area contributed by atoms with Crippen LogP contribution in [0.5, 0.6) is 5.75 Å². The van der Waals surface area contributed by atoms with E-state index in [4.69, 9.17) is 10.5 Å². The third-order valence-electron chi connectivity index (χ3n) is 3.39. The van der Waals surface area contributed by atoms with E-state index in [-0.39, 0.29) is 5.54 Å². The Bertz CT molecular complexity index is 380. The first kappa shape index (κ1) is 11.5. The van der Waals surface area contributed by atoms with E-state index in [1.54, 1.807) is 7.11 Å². The number of benzene rings is 1. The van der Waals surface area contributed by atoms with Gasteiger partial charge in [0.25, 0.3) is 0 Å². The van der Waals surface area contributed by atoms with Crippen LogP contribution in [0.15, 0.2) is 18.2 Å². The highest BCUT2D eigenvalue weighted by Crippen LogP contribution is 2.39. The van der Waals surface area contributed by atoms with Gasteiger partial charge < -0.3 is 10.5 Å². The van der Waals surface area contributed by atoms with Crippen LogP contribution in [0, 0.1) is 0 Å². The molecule has 0 amide bonds. The standard InChI is InChI=1S/C14H21NO/c1-10(2)13-11(9-14(15)7-8-14)5-4-6-12(13)16-3/h4-6,10H,7-9,15H2,1-3H3. The van der Waals surface area contributed by atoms with Crippen LogP contribution in [0.3, 0.4) is 0 Å². The summed E-state index contributed by atoms with van der Waals surface area (Å²) in [5.74, 6) is 1.48. The zero-order valence-electron chi connectivity index (χ0n) is 10.4. The fourth-order valence-electron chi connectivity index (χ4n) is 2.29. The maximum absolute atomic E-state index is 6.20. The Morgan fingerprint density at radius 3 is 2.56 bits per heavy atom. The summed E-state index contributed by atoms with van der Waals surface area (Å²) < 4.78 is 5.44. The van der Waals surface area contributed by atoms with E-state index in [1.807, 2.05) is 6.07 Å².